The van der Waals surface area contributed by atoms with E-state index in [-0.39, 0.29) is 11.1 Å². The van der Waals surface area contributed by atoms with Crippen molar-refractivity contribution < 1.29 is 9.90 Å². The molecule has 0 saturated heterocycles. The Balaban J connectivity index is 1.85. The van der Waals surface area contributed by atoms with Gasteiger partial charge in [-0.2, -0.15) is 10.1 Å². The standard InChI is InChI=1S/C20H11Cl2N3O3S/c21-12-5-3-6-13(22)17(12)18-14-8-9-16(24-25(14)10-23-19(18)26)29-15-7-2-1-4-11(15)20(27)28/h1-10H,(H,27,28). The lowest BCUT2D eigenvalue weighted by molar-refractivity contribution is 0.0693. The van der Waals surface area contributed by atoms with E-state index < -0.39 is 11.5 Å². The fourth-order valence-electron chi connectivity index (χ4n) is 2.86. The van der Waals surface area contributed by atoms with Gasteiger partial charge in [0.25, 0.3) is 5.56 Å². The van der Waals surface area contributed by atoms with Crippen molar-refractivity contribution in [3.05, 3.63) is 86.9 Å². The van der Waals surface area contributed by atoms with E-state index in [1.54, 1.807) is 48.5 Å². The quantitative estimate of drug-likeness (QED) is 0.482. The summed E-state index contributed by atoms with van der Waals surface area (Å²) in [7, 11) is 0. The number of nitrogens with zero attached hydrogens (tertiary/aromatic N) is 3. The Hall–Kier alpha value is -2.87. The van der Waals surface area contributed by atoms with Gasteiger partial charge < -0.3 is 5.11 Å². The first-order chi connectivity index (χ1) is 14.0. The lowest BCUT2D eigenvalue weighted by Crippen LogP contribution is -2.14. The molecule has 9 heteroatoms. The fourth-order valence-corrected chi connectivity index (χ4v) is 4.35. The van der Waals surface area contributed by atoms with Gasteiger partial charge in [0.05, 0.1) is 26.7 Å². The van der Waals surface area contributed by atoms with E-state index in [1.165, 1.54) is 28.7 Å². The molecule has 0 saturated carbocycles. The topological polar surface area (TPSA) is 84.6 Å². The zero-order chi connectivity index (χ0) is 20.5. The Kier molecular flexibility index (Phi) is 5.27. The summed E-state index contributed by atoms with van der Waals surface area (Å²) in [4.78, 5) is 28.3. The molecule has 6 nitrogen and oxygen atoms in total. The second kappa shape index (κ2) is 7.87. The van der Waals surface area contributed by atoms with E-state index in [1.807, 2.05) is 0 Å². The summed E-state index contributed by atoms with van der Waals surface area (Å²) in [5, 5.41) is 15.0. The van der Waals surface area contributed by atoms with Gasteiger partial charge in [-0.05, 0) is 36.4 Å². The average molecular weight is 444 g/mol. The highest BCUT2D eigenvalue weighted by Crippen LogP contribution is 2.35. The van der Waals surface area contributed by atoms with Crippen LogP contribution in [0.1, 0.15) is 10.4 Å². The third-order valence-electron chi connectivity index (χ3n) is 4.14. The van der Waals surface area contributed by atoms with Crippen LogP contribution in [-0.2, 0) is 0 Å². The van der Waals surface area contributed by atoms with Crippen molar-refractivity contribution in [1.82, 2.24) is 14.6 Å². The van der Waals surface area contributed by atoms with Crippen molar-refractivity contribution in [3.63, 3.8) is 0 Å². The molecule has 1 N–H and O–H groups in total. The summed E-state index contributed by atoms with van der Waals surface area (Å²) in [6.07, 6.45) is 1.30. The highest BCUT2D eigenvalue weighted by Gasteiger charge is 2.17. The average Bonchev–Trinajstić information content (AvgIpc) is 2.69. The third-order valence-corrected chi connectivity index (χ3v) is 5.77. The molecule has 0 aliphatic carbocycles. The monoisotopic (exact) mass is 443 g/mol. The van der Waals surface area contributed by atoms with Gasteiger partial charge in [-0.15, -0.1) is 0 Å². The van der Waals surface area contributed by atoms with Crippen molar-refractivity contribution in [1.29, 1.82) is 0 Å². The summed E-state index contributed by atoms with van der Waals surface area (Å²) < 4.78 is 1.45. The predicted molar refractivity (Wildman–Crippen MR) is 112 cm³/mol. The Morgan fingerprint density at radius 3 is 2.41 bits per heavy atom. The zero-order valence-corrected chi connectivity index (χ0v) is 16.9. The predicted octanol–water partition coefficient (Wildman–Crippen LogP) is 4.91. The number of halogens is 2. The van der Waals surface area contributed by atoms with E-state index in [4.69, 9.17) is 23.2 Å². The van der Waals surface area contributed by atoms with Gasteiger partial charge in [0.15, 0.2) is 0 Å². The normalized spacial score (nSPS) is 11.0. The van der Waals surface area contributed by atoms with Crippen LogP contribution in [0.15, 0.2) is 75.6 Å². The lowest BCUT2D eigenvalue weighted by atomic mass is 10.1. The van der Waals surface area contributed by atoms with Gasteiger partial charge in [0.1, 0.15) is 11.4 Å². The molecular weight excluding hydrogens is 433 g/mol. The minimum atomic E-state index is -1.02. The van der Waals surface area contributed by atoms with Crippen LogP contribution in [0.4, 0.5) is 0 Å². The molecule has 0 aliphatic rings. The van der Waals surface area contributed by atoms with Gasteiger partial charge in [0.2, 0.25) is 0 Å². The van der Waals surface area contributed by atoms with Crippen molar-refractivity contribution >= 4 is 46.4 Å². The van der Waals surface area contributed by atoms with Crippen molar-refractivity contribution in [2.45, 2.75) is 9.92 Å². The first kappa shape index (κ1) is 19.4. The van der Waals surface area contributed by atoms with Crippen LogP contribution in [0.5, 0.6) is 0 Å². The maximum Gasteiger partial charge on any atom is 0.336 e. The minimum Gasteiger partial charge on any atom is -0.478 e. The molecule has 2 heterocycles. The molecule has 2 aromatic carbocycles. The van der Waals surface area contributed by atoms with E-state index in [0.29, 0.717) is 31.0 Å². The van der Waals surface area contributed by atoms with Crippen molar-refractivity contribution in [3.8, 4) is 11.1 Å². The Morgan fingerprint density at radius 2 is 1.69 bits per heavy atom. The van der Waals surface area contributed by atoms with Crippen LogP contribution in [0.2, 0.25) is 10.0 Å². The number of aromatic nitrogens is 3. The number of hydrogen-bond donors (Lipinski definition) is 1. The smallest absolute Gasteiger partial charge is 0.336 e. The van der Waals surface area contributed by atoms with Gasteiger partial charge in [-0.25, -0.2) is 9.31 Å². The molecule has 2 aromatic heterocycles. The first-order valence-electron chi connectivity index (χ1n) is 8.29. The number of carbonyl (C=O) groups is 1. The molecule has 0 spiro atoms. The number of benzene rings is 2. The molecule has 4 rings (SSSR count). The van der Waals surface area contributed by atoms with Crippen molar-refractivity contribution in [2.24, 2.45) is 0 Å². The Labute approximate surface area is 178 Å². The SMILES string of the molecule is O=C(O)c1ccccc1Sc1ccc2c(-c3c(Cl)cccc3Cl)c(=O)ncn2n1. The molecule has 0 aliphatic heterocycles. The molecule has 4 aromatic rings. The van der Waals surface area contributed by atoms with E-state index in [2.05, 4.69) is 10.1 Å². The van der Waals surface area contributed by atoms with Crippen molar-refractivity contribution in [2.75, 3.05) is 0 Å². The number of rotatable bonds is 4. The minimum absolute atomic E-state index is 0.181. The van der Waals surface area contributed by atoms with Crippen LogP contribution < -0.4 is 5.56 Å². The molecule has 0 fully saturated rings. The highest BCUT2D eigenvalue weighted by molar-refractivity contribution is 7.99. The van der Waals surface area contributed by atoms with Gasteiger partial charge >= 0.3 is 5.97 Å². The van der Waals surface area contributed by atoms with E-state index in [9.17, 15) is 14.7 Å². The second-order valence-corrected chi connectivity index (χ2v) is 7.80. The molecule has 0 radical (unpaired) electrons. The first-order valence-corrected chi connectivity index (χ1v) is 9.86. The van der Waals surface area contributed by atoms with E-state index in [0.717, 1.165) is 0 Å². The lowest BCUT2D eigenvalue weighted by Gasteiger charge is -2.11. The van der Waals surface area contributed by atoms with Crippen LogP contribution >= 0.6 is 35.0 Å². The van der Waals surface area contributed by atoms with Crippen LogP contribution in [0.25, 0.3) is 16.6 Å². The molecule has 0 atom stereocenters. The fraction of sp³-hybridized carbons (Fsp3) is 0. The number of fused-ring (bicyclic) bond motifs is 1. The number of carboxylic acids is 1. The van der Waals surface area contributed by atoms with Gasteiger partial charge in [-0.1, -0.05) is 53.2 Å². The molecule has 0 unspecified atom stereocenters. The number of aromatic carboxylic acids is 1. The largest absolute Gasteiger partial charge is 0.478 e. The van der Waals surface area contributed by atoms with Gasteiger partial charge in [-0.3, -0.25) is 4.79 Å². The summed E-state index contributed by atoms with van der Waals surface area (Å²) in [5.74, 6) is -1.02. The molecule has 0 amide bonds. The van der Waals surface area contributed by atoms with E-state index >= 15 is 0 Å². The second-order valence-electron chi connectivity index (χ2n) is 5.93. The summed E-state index contributed by atoms with van der Waals surface area (Å²) in [5.41, 5.74) is 0.832. The molecular formula is C20H11Cl2N3O3S. The maximum absolute atomic E-state index is 12.5. The Bertz CT molecular complexity index is 1300. The van der Waals surface area contributed by atoms with Crippen LogP contribution in [0, 0.1) is 0 Å². The highest BCUT2D eigenvalue weighted by atomic mass is 35.5. The van der Waals surface area contributed by atoms with Crippen LogP contribution in [0.3, 0.4) is 0 Å². The van der Waals surface area contributed by atoms with Gasteiger partial charge in [0, 0.05) is 10.5 Å². The number of carboxylic acid groups (broad SMARTS) is 1. The summed E-state index contributed by atoms with van der Waals surface area (Å²) >= 11 is 13.8. The maximum atomic E-state index is 12.5. The summed E-state index contributed by atoms with van der Waals surface area (Å²) in [6, 6.07) is 15.0. The molecule has 0 bridgehead atoms. The molecule has 29 heavy (non-hydrogen) atoms. The van der Waals surface area contributed by atoms with Crippen LogP contribution in [-0.4, -0.2) is 25.7 Å². The zero-order valence-electron chi connectivity index (χ0n) is 14.5. The third kappa shape index (κ3) is 3.72. The number of hydrogen-bond acceptors (Lipinski definition) is 5. The Morgan fingerprint density at radius 1 is 0.966 bits per heavy atom. The summed E-state index contributed by atoms with van der Waals surface area (Å²) in [6.45, 7) is 0. The molecule has 144 valence electrons.